The molecule has 0 amide bonds. The lowest BCUT2D eigenvalue weighted by Gasteiger charge is -2.21. The minimum atomic E-state index is 0.340. The molecular weight excluding hydrogens is 252 g/mol. The van der Waals surface area contributed by atoms with E-state index in [0.717, 1.165) is 17.9 Å². The smallest absolute Gasteiger partial charge is 0.145 e. The van der Waals surface area contributed by atoms with Gasteiger partial charge in [0.2, 0.25) is 0 Å². The van der Waals surface area contributed by atoms with Crippen molar-refractivity contribution >= 4 is 11.5 Å². The van der Waals surface area contributed by atoms with Crippen LogP contribution in [-0.2, 0) is 6.42 Å². The van der Waals surface area contributed by atoms with Gasteiger partial charge in [-0.1, -0.05) is 13.0 Å². The Morgan fingerprint density at radius 3 is 2.75 bits per heavy atom. The molecule has 1 aromatic carbocycles. The first-order chi connectivity index (χ1) is 9.69. The van der Waals surface area contributed by atoms with Crippen molar-refractivity contribution in [3.8, 4) is 11.8 Å². The first-order valence-electron chi connectivity index (χ1n) is 6.32. The molecule has 0 saturated heterocycles. The molecule has 1 aromatic heterocycles. The number of hydrogen-bond donors (Lipinski definition) is 0. The molecule has 2 rings (SSSR count). The zero-order valence-corrected chi connectivity index (χ0v) is 11.8. The summed E-state index contributed by atoms with van der Waals surface area (Å²) in [6.07, 6.45) is 2.33. The summed E-state index contributed by atoms with van der Waals surface area (Å²) >= 11 is 0. The van der Waals surface area contributed by atoms with E-state index in [9.17, 15) is 0 Å². The molecule has 0 atom stereocenters. The Kier molecular flexibility index (Phi) is 4.16. The molecule has 5 nitrogen and oxygen atoms in total. The molecule has 0 spiro atoms. The molecule has 0 aliphatic rings. The van der Waals surface area contributed by atoms with Crippen molar-refractivity contribution in [2.45, 2.75) is 13.3 Å². The van der Waals surface area contributed by atoms with Crippen molar-refractivity contribution in [2.75, 3.05) is 19.1 Å². The van der Waals surface area contributed by atoms with Crippen LogP contribution in [0.25, 0.3) is 0 Å². The Morgan fingerprint density at radius 1 is 1.30 bits per heavy atom. The standard InChI is InChI=1S/C15H16N4O/c1-4-11-5-6-14(20-3)13(7-11)19(2)15-8-12(9-16)17-10-18-15/h5-8,10H,4H2,1-3H3. The number of benzene rings is 1. The number of methoxy groups -OCH3 is 1. The van der Waals surface area contributed by atoms with Crippen LogP contribution in [0, 0.1) is 11.3 Å². The molecule has 0 radical (unpaired) electrons. The van der Waals surface area contributed by atoms with E-state index >= 15 is 0 Å². The van der Waals surface area contributed by atoms with Crippen molar-refractivity contribution in [1.82, 2.24) is 9.97 Å². The van der Waals surface area contributed by atoms with Crippen LogP contribution in [0.4, 0.5) is 11.5 Å². The van der Waals surface area contributed by atoms with Gasteiger partial charge in [-0.3, -0.25) is 0 Å². The second-order valence-corrected chi connectivity index (χ2v) is 4.29. The maximum Gasteiger partial charge on any atom is 0.145 e. The van der Waals surface area contributed by atoms with Gasteiger partial charge in [0, 0.05) is 13.1 Å². The third-order valence-electron chi connectivity index (χ3n) is 3.12. The number of rotatable bonds is 4. The van der Waals surface area contributed by atoms with Crippen molar-refractivity contribution in [3.63, 3.8) is 0 Å². The molecule has 0 unspecified atom stereocenters. The van der Waals surface area contributed by atoms with Gasteiger partial charge in [-0.05, 0) is 24.1 Å². The third kappa shape index (κ3) is 2.69. The number of aryl methyl sites for hydroxylation is 1. The van der Waals surface area contributed by atoms with Gasteiger partial charge in [0.15, 0.2) is 0 Å². The molecule has 0 aliphatic heterocycles. The lowest BCUT2D eigenvalue weighted by Crippen LogP contribution is -2.13. The Morgan fingerprint density at radius 2 is 2.10 bits per heavy atom. The zero-order valence-electron chi connectivity index (χ0n) is 11.8. The molecule has 2 aromatic rings. The summed E-state index contributed by atoms with van der Waals surface area (Å²) in [5.74, 6) is 1.42. The van der Waals surface area contributed by atoms with Crippen molar-refractivity contribution < 1.29 is 4.74 Å². The molecular formula is C15H16N4O. The van der Waals surface area contributed by atoms with E-state index in [2.05, 4.69) is 23.0 Å². The normalized spacial score (nSPS) is 9.90. The van der Waals surface area contributed by atoms with E-state index in [4.69, 9.17) is 10.00 Å². The van der Waals surface area contributed by atoms with Gasteiger partial charge in [-0.2, -0.15) is 5.26 Å². The maximum absolute atomic E-state index is 8.91. The SMILES string of the molecule is CCc1ccc(OC)c(N(C)c2cc(C#N)ncn2)c1. The van der Waals surface area contributed by atoms with Crippen LogP contribution in [0.15, 0.2) is 30.6 Å². The second-order valence-electron chi connectivity index (χ2n) is 4.29. The van der Waals surface area contributed by atoms with Crippen molar-refractivity contribution in [1.29, 1.82) is 5.26 Å². The average Bonchev–Trinajstić information content (AvgIpc) is 2.53. The summed E-state index contributed by atoms with van der Waals surface area (Å²) in [5, 5.41) is 8.91. The highest BCUT2D eigenvalue weighted by Gasteiger charge is 2.12. The monoisotopic (exact) mass is 268 g/mol. The largest absolute Gasteiger partial charge is 0.495 e. The van der Waals surface area contributed by atoms with Gasteiger partial charge in [0.05, 0.1) is 12.8 Å². The number of nitrogens with zero attached hydrogens (tertiary/aromatic N) is 4. The predicted octanol–water partition coefficient (Wildman–Crippen LogP) is 2.69. The number of anilines is 2. The Hall–Kier alpha value is -2.61. The van der Waals surface area contributed by atoms with Crippen LogP contribution in [0.5, 0.6) is 5.75 Å². The summed E-state index contributed by atoms with van der Waals surface area (Å²) in [7, 11) is 3.53. The zero-order chi connectivity index (χ0) is 14.5. The highest BCUT2D eigenvalue weighted by Crippen LogP contribution is 2.32. The van der Waals surface area contributed by atoms with Crippen molar-refractivity contribution in [3.05, 3.63) is 41.9 Å². The molecule has 102 valence electrons. The topological polar surface area (TPSA) is 62.0 Å². The number of ether oxygens (including phenoxy) is 1. The fourth-order valence-corrected chi connectivity index (χ4v) is 1.93. The minimum absolute atomic E-state index is 0.340. The third-order valence-corrected chi connectivity index (χ3v) is 3.12. The van der Waals surface area contributed by atoms with Crippen LogP contribution in [-0.4, -0.2) is 24.1 Å². The fourth-order valence-electron chi connectivity index (χ4n) is 1.93. The van der Waals surface area contributed by atoms with Gasteiger partial charge in [0.1, 0.15) is 29.7 Å². The summed E-state index contributed by atoms with van der Waals surface area (Å²) in [4.78, 5) is 9.97. The fraction of sp³-hybridized carbons (Fsp3) is 0.267. The van der Waals surface area contributed by atoms with Gasteiger partial charge >= 0.3 is 0 Å². The van der Waals surface area contributed by atoms with Gasteiger partial charge in [0.25, 0.3) is 0 Å². The molecule has 20 heavy (non-hydrogen) atoms. The molecule has 1 heterocycles. The predicted molar refractivity (Wildman–Crippen MR) is 77.2 cm³/mol. The van der Waals surface area contributed by atoms with Crippen LogP contribution >= 0.6 is 0 Å². The summed E-state index contributed by atoms with van der Waals surface area (Å²) in [6.45, 7) is 2.10. The summed E-state index contributed by atoms with van der Waals surface area (Å²) in [6, 6.07) is 9.71. The first kappa shape index (κ1) is 13.8. The van der Waals surface area contributed by atoms with Gasteiger partial charge in [-0.15, -0.1) is 0 Å². The highest BCUT2D eigenvalue weighted by atomic mass is 16.5. The number of aromatic nitrogens is 2. The molecule has 0 bridgehead atoms. The van der Waals surface area contributed by atoms with E-state index in [-0.39, 0.29) is 0 Å². The lowest BCUT2D eigenvalue weighted by molar-refractivity contribution is 0.415. The summed E-state index contributed by atoms with van der Waals surface area (Å²) in [5.41, 5.74) is 2.46. The van der Waals surface area contributed by atoms with Crippen LogP contribution in [0.3, 0.4) is 0 Å². The van der Waals surface area contributed by atoms with E-state index in [1.54, 1.807) is 13.2 Å². The minimum Gasteiger partial charge on any atom is -0.495 e. The van der Waals surface area contributed by atoms with Crippen LogP contribution < -0.4 is 9.64 Å². The summed E-state index contributed by atoms with van der Waals surface area (Å²) < 4.78 is 5.39. The number of nitriles is 1. The van der Waals surface area contributed by atoms with E-state index in [1.807, 2.05) is 30.1 Å². The van der Waals surface area contributed by atoms with E-state index in [1.165, 1.54) is 11.9 Å². The van der Waals surface area contributed by atoms with Gasteiger partial charge < -0.3 is 9.64 Å². The molecule has 0 aliphatic carbocycles. The van der Waals surface area contributed by atoms with E-state index < -0.39 is 0 Å². The lowest BCUT2D eigenvalue weighted by atomic mass is 10.1. The number of hydrogen-bond acceptors (Lipinski definition) is 5. The second kappa shape index (κ2) is 6.02. The Labute approximate surface area is 118 Å². The van der Waals surface area contributed by atoms with Crippen LogP contribution in [0.1, 0.15) is 18.2 Å². The Balaban J connectivity index is 2.46. The Bertz CT molecular complexity index is 649. The van der Waals surface area contributed by atoms with Crippen molar-refractivity contribution in [2.24, 2.45) is 0 Å². The highest BCUT2D eigenvalue weighted by molar-refractivity contribution is 5.67. The molecule has 0 saturated carbocycles. The average molecular weight is 268 g/mol. The maximum atomic E-state index is 8.91. The van der Waals surface area contributed by atoms with Gasteiger partial charge in [-0.25, -0.2) is 9.97 Å². The molecule has 5 heteroatoms. The molecule has 0 fully saturated rings. The van der Waals surface area contributed by atoms with E-state index in [0.29, 0.717) is 11.5 Å². The molecule has 0 N–H and O–H groups in total. The first-order valence-corrected chi connectivity index (χ1v) is 6.32. The van der Waals surface area contributed by atoms with Crippen LogP contribution in [0.2, 0.25) is 0 Å². The quantitative estimate of drug-likeness (QED) is 0.853.